The predicted octanol–water partition coefficient (Wildman–Crippen LogP) is 2.91. The number of aromatic carboxylic acids is 1. The van der Waals surface area contributed by atoms with Crippen LogP contribution in [0.25, 0.3) is 0 Å². The lowest BCUT2D eigenvalue weighted by atomic mass is 10.2. The molecule has 100 valence electrons. The first kappa shape index (κ1) is 13.1. The average molecular weight is 251 g/mol. The van der Waals surface area contributed by atoms with Crippen LogP contribution in [0.3, 0.4) is 0 Å². The lowest BCUT2D eigenvalue weighted by Gasteiger charge is -2.25. The van der Waals surface area contributed by atoms with Crippen LogP contribution in [-0.2, 0) is 6.54 Å². The van der Waals surface area contributed by atoms with Crippen molar-refractivity contribution in [3.8, 4) is 0 Å². The van der Waals surface area contributed by atoms with Gasteiger partial charge in [0.05, 0.1) is 6.54 Å². The number of rotatable bonds is 6. The van der Waals surface area contributed by atoms with E-state index in [0.717, 1.165) is 18.2 Å². The summed E-state index contributed by atoms with van der Waals surface area (Å²) in [5, 5.41) is 9.00. The third-order valence-electron chi connectivity index (χ3n) is 3.48. The summed E-state index contributed by atoms with van der Waals surface area (Å²) in [5.74, 6) is 1.15. The number of hydrogen-bond donors (Lipinski definition) is 1. The van der Waals surface area contributed by atoms with Crippen molar-refractivity contribution in [2.75, 3.05) is 6.54 Å². The molecule has 1 fully saturated rings. The molecule has 0 spiro atoms. The van der Waals surface area contributed by atoms with Crippen molar-refractivity contribution >= 4 is 5.97 Å². The van der Waals surface area contributed by atoms with Crippen molar-refractivity contribution in [2.45, 2.75) is 46.2 Å². The van der Waals surface area contributed by atoms with Crippen LogP contribution in [0.1, 0.15) is 48.6 Å². The van der Waals surface area contributed by atoms with E-state index >= 15 is 0 Å². The third kappa shape index (κ3) is 3.13. The van der Waals surface area contributed by atoms with Gasteiger partial charge in [0, 0.05) is 12.6 Å². The number of carboxylic acid groups (broad SMARTS) is 1. The van der Waals surface area contributed by atoms with E-state index < -0.39 is 5.97 Å². The number of furan rings is 1. The number of carbonyl (C=O) groups is 1. The molecular formula is C14H21NO3. The first-order valence-electron chi connectivity index (χ1n) is 6.54. The molecule has 1 aliphatic carbocycles. The van der Waals surface area contributed by atoms with Gasteiger partial charge in [0.1, 0.15) is 17.1 Å². The van der Waals surface area contributed by atoms with Gasteiger partial charge in [-0.1, -0.05) is 0 Å². The number of hydrogen-bond acceptors (Lipinski definition) is 3. The van der Waals surface area contributed by atoms with Crippen molar-refractivity contribution in [1.29, 1.82) is 0 Å². The van der Waals surface area contributed by atoms with Gasteiger partial charge in [0.15, 0.2) is 0 Å². The molecule has 1 aromatic heterocycles. The van der Waals surface area contributed by atoms with E-state index in [-0.39, 0.29) is 5.56 Å². The molecule has 2 rings (SSSR count). The molecule has 0 radical (unpaired) electrons. The second kappa shape index (κ2) is 5.14. The fourth-order valence-corrected chi connectivity index (χ4v) is 2.12. The van der Waals surface area contributed by atoms with Crippen LogP contribution < -0.4 is 0 Å². The molecule has 1 aliphatic rings. The standard InChI is InChI=1S/C14H21NO3/c1-9(2)15(7-11-4-5-11)8-12-6-13(14(16)17)10(3)18-12/h6,9,11H,4-5,7-8H2,1-3H3,(H,16,17). The van der Waals surface area contributed by atoms with E-state index in [1.165, 1.54) is 12.8 Å². The molecule has 4 nitrogen and oxygen atoms in total. The normalized spacial score (nSPS) is 15.6. The summed E-state index contributed by atoms with van der Waals surface area (Å²) in [7, 11) is 0. The van der Waals surface area contributed by atoms with Crippen molar-refractivity contribution < 1.29 is 14.3 Å². The summed E-state index contributed by atoms with van der Waals surface area (Å²) in [6, 6.07) is 2.10. The number of aryl methyl sites for hydroxylation is 1. The lowest BCUT2D eigenvalue weighted by Crippen LogP contribution is -2.32. The first-order chi connectivity index (χ1) is 8.47. The Morgan fingerprint density at radius 2 is 2.22 bits per heavy atom. The Kier molecular flexibility index (Phi) is 3.76. The molecule has 0 aromatic carbocycles. The van der Waals surface area contributed by atoms with Gasteiger partial charge in [-0.15, -0.1) is 0 Å². The molecule has 0 bridgehead atoms. The highest BCUT2D eigenvalue weighted by Crippen LogP contribution is 2.31. The molecule has 1 N–H and O–H groups in total. The van der Waals surface area contributed by atoms with Crippen LogP contribution in [0.2, 0.25) is 0 Å². The smallest absolute Gasteiger partial charge is 0.339 e. The molecule has 1 saturated carbocycles. The molecule has 0 unspecified atom stereocenters. The highest BCUT2D eigenvalue weighted by atomic mass is 16.4. The van der Waals surface area contributed by atoms with E-state index in [0.29, 0.717) is 18.3 Å². The molecule has 0 amide bonds. The Hall–Kier alpha value is -1.29. The van der Waals surface area contributed by atoms with Gasteiger partial charge >= 0.3 is 5.97 Å². The van der Waals surface area contributed by atoms with Gasteiger partial charge in [0.2, 0.25) is 0 Å². The Morgan fingerprint density at radius 3 is 2.67 bits per heavy atom. The highest BCUT2D eigenvalue weighted by Gasteiger charge is 2.26. The molecule has 1 heterocycles. The molecule has 0 saturated heterocycles. The van der Waals surface area contributed by atoms with Crippen LogP contribution in [0.15, 0.2) is 10.5 Å². The fourth-order valence-electron chi connectivity index (χ4n) is 2.12. The van der Waals surface area contributed by atoms with E-state index in [4.69, 9.17) is 9.52 Å². The average Bonchev–Trinajstić information content (AvgIpc) is 3.00. The second-order valence-electron chi connectivity index (χ2n) is 5.45. The van der Waals surface area contributed by atoms with Gasteiger partial charge in [0.25, 0.3) is 0 Å². The lowest BCUT2D eigenvalue weighted by molar-refractivity contribution is 0.0695. The zero-order chi connectivity index (χ0) is 13.3. The van der Waals surface area contributed by atoms with Gasteiger partial charge in [-0.05, 0) is 45.6 Å². The van der Waals surface area contributed by atoms with Crippen LogP contribution in [0.4, 0.5) is 0 Å². The third-order valence-corrected chi connectivity index (χ3v) is 3.48. The van der Waals surface area contributed by atoms with Crippen molar-refractivity contribution in [3.05, 3.63) is 23.2 Å². The molecule has 4 heteroatoms. The zero-order valence-corrected chi connectivity index (χ0v) is 11.3. The zero-order valence-electron chi connectivity index (χ0n) is 11.3. The van der Waals surface area contributed by atoms with Crippen LogP contribution >= 0.6 is 0 Å². The molecule has 18 heavy (non-hydrogen) atoms. The van der Waals surface area contributed by atoms with Crippen molar-refractivity contribution in [2.24, 2.45) is 5.92 Å². The molecule has 0 aliphatic heterocycles. The van der Waals surface area contributed by atoms with Gasteiger partial charge < -0.3 is 9.52 Å². The topological polar surface area (TPSA) is 53.7 Å². The summed E-state index contributed by atoms with van der Waals surface area (Å²) >= 11 is 0. The van der Waals surface area contributed by atoms with Gasteiger partial charge in [-0.3, -0.25) is 4.90 Å². The fraction of sp³-hybridized carbons (Fsp3) is 0.643. The molecular weight excluding hydrogens is 230 g/mol. The summed E-state index contributed by atoms with van der Waals surface area (Å²) in [6.45, 7) is 7.81. The van der Waals surface area contributed by atoms with Gasteiger partial charge in [-0.2, -0.15) is 0 Å². The largest absolute Gasteiger partial charge is 0.478 e. The van der Waals surface area contributed by atoms with E-state index in [2.05, 4.69) is 18.7 Å². The molecule has 1 aromatic rings. The van der Waals surface area contributed by atoms with E-state index in [9.17, 15) is 4.79 Å². The number of carboxylic acids is 1. The SMILES string of the molecule is Cc1oc(CN(CC2CC2)C(C)C)cc1C(=O)O. The van der Waals surface area contributed by atoms with Crippen LogP contribution in [0.5, 0.6) is 0 Å². The van der Waals surface area contributed by atoms with Gasteiger partial charge in [-0.25, -0.2) is 4.79 Å². The first-order valence-corrected chi connectivity index (χ1v) is 6.54. The minimum absolute atomic E-state index is 0.278. The minimum atomic E-state index is -0.916. The summed E-state index contributed by atoms with van der Waals surface area (Å²) in [6.07, 6.45) is 2.64. The van der Waals surface area contributed by atoms with E-state index in [1.807, 2.05) is 0 Å². The minimum Gasteiger partial charge on any atom is -0.478 e. The highest BCUT2D eigenvalue weighted by molar-refractivity contribution is 5.88. The quantitative estimate of drug-likeness (QED) is 0.844. The Morgan fingerprint density at radius 1 is 1.56 bits per heavy atom. The van der Waals surface area contributed by atoms with Crippen molar-refractivity contribution in [1.82, 2.24) is 4.90 Å². The Bertz CT molecular complexity index is 432. The summed E-state index contributed by atoms with van der Waals surface area (Å²) < 4.78 is 5.54. The monoisotopic (exact) mass is 251 g/mol. The maximum absolute atomic E-state index is 11.0. The molecule has 0 atom stereocenters. The van der Waals surface area contributed by atoms with Crippen LogP contribution in [-0.4, -0.2) is 28.6 Å². The predicted molar refractivity (Wildman–Crippen MR) is 68.7 cm³/mol. The maximum atomic E-state index is 11.0. The van der Waals surface area contributed by atoms with E-state index in [1.54, 1.807) is 13.0 Å². The number of nitrogens with zero attached hydrogens (tertiary/aromatic N) is 1. The summed E-state index contributed by atoms with van der Waals surface area (Å²) in [4.78, 5) is 13.3. The Balaban J connectivity index is 2.05. The van der Waals surface area contributed by atoms with Crippen LogP contribution in [0, 0.1) is 12.8 Å². The Labute approximate surface area is 108 Å². The maximum Gasteiger partial charge on any atom is 0.339 e. The van der Waals surface area contributed by atoms with Crippen molar-refractivity contribution in [3.63, 3.8) is 0 Å². The summed E-state index contributed by atoms with van der Waals surface area (Å²) in [5.41, 5.74) is 0.278. The second-order valence-corrected chi connectivity index (χ2v) is 5.45.